The Labute approximate surface area is 128 Å². The molecule has 2 aromatic heterocycles. The molecule has 0 unspecified atom stereocenters. The zero-order valence-electron chi connectivity index (χ0n) is 12.2. The number of oxazole rings is 1. The molecule has 0 bridgehead atoms. The molecule has 112 valence electrons. The van der Waals surface area contributed by atoms with Crippen molar-refractivity contribution in [2.75, 3.05) is 0 Å². The van der Waals surface area contributed by atoms with Gasteiger partial charge in [0.1, 0.15) is 18.1 Å². The molecule has 3 aromatic rings. The van der Waals surface area contributed by atoms with Crippen LogP contribution in [0.4, 0.5) is 0 Å². The second-order valence-corrected chi connectivity index (χ2v) is 4.84. The fourth-order valence-electron chi connectivity index (χ4n) is 2.04. The van der Waals surface area contributed by atoms with Crippen LogP contribution in [0.2, 0.25) is 0 Å². The van der Waals surface area contributed by atoms with E-state index in [1.807, 2.05) is 37.3 Å². The van der Waals surface area contributed by atoms with E-state index in [4.69, 9.17) is 14.3 Å². The lowest BCUT2D eigenvalue weighted by atomic mass is 10.2. The Morgan fingerprint density at radius 3 is 2.77 bits per heavy atom. The average molecular weight is 296 g/mol. The molecule has 0 aliphatic carbocycles. The summed E-state index contributed by atoms with van der Waals surface area (Å²) in [5.41, 5.74) is 2.42. The fourth-order valence-corrected chi connectivity index (χ4v) is 2.04. The minimum Gasteiger partial charge on any atom is -0.471 e. The Bertz CT molecular complexity index is 754. The van der Waals surface area contributed by atoms with Crippen LogP contribution in [0.1, 0.15) is 17.0 Å². The number of aromatic nitrogens is 2. The van der Waals surface area contributed by atoms with E-state index in [9.17, 15) is 0 Å². The summed E-state index contributed by atoms with van der Waals surface area (Å²) < 4.78 is 11.3. The van der Waals surface area contributed by atoms with Gasteiger partial charge >= 0.3 is 0 Å². The highest BCUT2D eigenvalue weighted by atomic mass is 16.5. The number of pyridine rings is 1. The Hall–Kier alpha value is -2.66. The third kappa shape index (κ3) is 3.15. The van der Waals surface area contributed by atoms with Crippen molar-refractivity contribution >= 4 is 0 Å². The normalized spacial score (nSPS) is 10.6. The highest BCUT2D eigenvalue weighted by molar-refractivity contribution is 5.53. The van der Waals surface area contributed by atoms with E-state index in [2.05, 4.69) is 9.97 Å². The molecule has 0 spiro atoms. The largest absolute Gasteiger partial charge is 0.471 e. The number of rotatable bonds is 5. The lowest BCUT2D eigenvalue weighted by molar-refractivity contribution is 0.273. The molecule has 0 radical (unpaired) electrons. The molecular weight excluding hydrogens is 280 g/mol. The maximum atomic E-state index is 9.11. The topological polar surface area (TPSA) is 68.4 Å². The third-order valence-corrected chi connectivity index (χ3v) is 3.25. The van der Waals surface area contributed by atoms with Crippen molar-refractivity contribution in [1.82, 2.24) is 9.97 Å². The summed E-state index contributed by atoms with van der Waals surface area (Å²) in [4.78, 5) is 8.57. The van der Waals surface area contributed by atoms with Gasteiger partial charge in [0.05, 0.1) is 6.61 Å². The predicted molar refractivity (Wildman–Crippen MR) is 81.2 cm³/mol. The van der Waals surface area contributed by atoms with Gasteiger partial charge in [0.15, 0.2) is 0 Å². The monoisotopic (exact) mass is 296 g/mol. The summed E-state index contributed by atoms with van der Waals surface area (Å²) >= 11 is 0. The van der Waals surface area contributed by atoms with Crippen LogP contribution in [0.3, 0.4) is 0 Å². The molecule has 0 fully saturated rings. The first-order valence-electron chi connectivity index (χ1n) is 6.96. The molecule has 2 heterocycles. The molecule has 3 rings (SSSR count). The lowest BCUT2D eigenvalue weighted by Gasteiger charge is -2.04. The van der Waals surface area contributed by atoms with E-state index < -0.39 is 0 Å². The highest BCUT2D eigenvalue weighted by Crippen LogP contribution is 2.22. The molecule has 0 saturated heterocycles. The Balaban J connectivity index is 1.74. The van der Waals surface area contributed by atoms with E-state index in [0.29, 0.717) is 11.8 Å². The summed E-state index contributed by atoms with van der Waals surface area (Å²) in [6.07, 6.45) is 1.60. The summed E-state index contributed by atoms with van der Waals surface area (Å²) in [5, 5.41) is 9.11. The molecule has 5 heteroatoms. The van der Waals surface area contributed by atoms with E-state index in [1.165, 1.54) is 0 Å². The maximum Gasteiger partial charge on any atom is 0.226 e. The van der Waals surface area contributed by atoms with Gasteiger partial charge in [0, 0.05) is 17.8 Å². The molecule has 0 saturated carbocycles. The summed E-state index contributed by atoms with van der Waals surface area (Å²) in [7, 11) is 0. The molecule has 0 atom stereocenters. The van der Waals surface area contributed by atoms with Gasteiger partial charge in [-0.1, -0.05) is 18.2 Å². The van der Waals surface area contributed by atoms with Crippen LogP contribution >= 0.6 is 0 Å². The van der Waals surface area contributed by atoms with Gasteiger partial charge < -0.3 is 14.3 Å². The maximum absolute atomic E-state index is 9.11. The van der Waals surface area contributed by atoms with Gasteiger partial charge in [-0.25, -0.2) is 9.97 Å². The second-order valence-electron chi connectivity index (χ2n) is 4.84. The SMILES string of the molecule is Cc1oc(-c2ccccc2)nc1COc1cc(CO)ccn1. The lowest BCUT2D eigenvalue weighted by Crippen LogP contribution is -1.99. The number of benzene rings is 1. The van der Waals surface area contributed by atoms with Gasteiger partial charge in [-0.3, -0.25) is 0 Å². The van der Waals surface area contributed by atoms with Gasteiger partial charge in [0.25, 0.3) is 0 Å². The van der Waals surface area contributed by atoms with Crippen molar-refractivity contribution in [3.8, 4) is 17.3 Å². The van der Waals surface area contributed by atoms with Crippen LogP contribution in [-0.4, -0.2) is 15.1 Å². The molecule has 0 amide bonds. The van der Waals surface area contributed by atoms with E-state index >= 15 is 0 Å². The summed E-state index contributed by atoms with van der Waals surface area (Å²) in [5.74, 6) is 1.75. The van der Waals surface area contributed by atoms with E-state index in [-0.39, 0.29) is 13.2 Å². The first-order valence-corrected chi connectivity index (χ1v) is 6.96. The predicted octanol–water partition coefficient (Wildman–Crippen LogP) is 3.12. The number of ether oxygens (including phenoxy) is 1. The fraction of sp³-hybridized carbons (Fsp3) is 0.176. The van der Waals surface area contributed by atoms with E-state index in [1.54, 1.807) is 18.3 Å². The Kier molecular flexibility index (Phi) is 4.16. The molecule has 0 aliphatic rings. The van der Waals surface area contributed by atoms with Gasteiger partial charge in [-0.15, -0.1) is 0 Å². The number of hydrogen-bond acceptors (Lipinski definition) is 5. The summed E-state index contributed by atoms with van der Waals surface area (Å²) in [6.45, 7) is 2.08. The first-order chi connectivity index (χ1) is 10.8. The zero-order chi connectivity index (χ0) is 15.4. The second kappa shape index (κ2) is 6.41. The number of hydrogen-bond donors (Lipinski definition) is 1. The number of nitrogens with zero attached hydrogens (tertiary/aromatic N) is 2. The Morgan fingerprint density at radius 1 is 1.18 bits per heavy atom. The minimum atomic E-state index is -0.0416. The molecule has 1 aromatic carbocycles. The standard InChI is InChI=1S/C17H16N2O3/c1-12-15(11-21-16-9-13(10-20)7-8-18-16)19-17(22-12)14-5-3-2-4-6-14/h2-9,20H,10-11H2,1H3. The molecule has 1 N–H and O–H groups in total. The zero-order valence-corrected chi connectivity index (χ0v) is 12.2. The van der Waals surface area contributed by atoms with Crippen LogP contribution in [0, 0.1) is 6.92 Å². The van der Waals surface area contributed by atoms with Crippen LogP contribution in [-0.2, 0) is 13.2 Å². The molecule has 22 heavy (non-hydrogen) atoms. The van der Waals surface area contributed by atoms with Gasteiger partial charge in [-0.05, 0) is 30.7 Å². The molecular formula is C17H16N2O3. The van der Waals surface area contributed by atoms with Gasteiger partial charge in [0.2, 0.25) is 11.8 Å². The van der Waals surface area contributed by atoms with Crippen molar-refractivity contribution in [2.45, 2.75) is 20.1 Å². The van der Waals surface area contributed by atoms with Crippen molar-refractivity contribution in [1.29, 1.82) is 0 Å². The first kappa shape index (κ1) is 14.3. The van der Waals surface area contributed by atoms with Crippen molar-refractivity contribution in [3.05, 3.63) is 65.7 Å². The average Bonchev–Trinajstić information content (AvgIpc) is 2.95. The van der Waals surface area contributed by atoms with Crippen LogP contribution in [0.25, 0.3) is 11.5 Å². The van der Waals surface area contributed by atoms with Gasteiger partial charge in [-0.2, -0.15) is 0 Å². The van der Waals surface area contributed by atoms with Crippen molar-refractivity contribution < 1.29 is 14.3 Å². The Morgan fingerprint density at radius 2 is 2.00 bits per heavy atom. The highest BCUT2D eigenvalue weighted by Gasteiger charge is 2.12. The molecule has 0 aliphatic heterocycles. The summed E-state index contributed by atoms with van der Waals surface area (Å²) in [6, 6.07) is 13.2. The van der Waals surface area contributed by atoms with Crippen molar-refractivity contribution in [3.63, 3.8) is 0 Å². The van der Waals surface area contributed by atoms with Crippen LogP contribution in [0.15, 0.2) is 53.1 Å². The number of aliphatic hydroxyl groups excluding tert-OH is 1. The quantitative estimate of drug-likeness (QED) is 0.783. The van der Waals surface area contributed by atoms with Crippen molar-refractivity contribution in [2.24, 2.45) is 0 Å². The third-order valence-electron chi connectivity index (χ3n) is 3.25. The minimum absolute atomic E-state index is 0.0416. The molecule has 5 nitrogen and oxygen atoms in total. The smallest absolute Gasteiger partial charge is 0.226 e. The number of aryl methyl sites for hydroxylation is 1. The van der Waals surface area contributed by atoms with Crippen LogP contribution in [0.5, 0.6) is 5.88 Å². The van der Waals surface area contributed by atoms with Crippen LogP contribution < -0.4 is 4.74 Å². The van der Waals surface area contributed by atoms with E-state index in [0.717, 1.165) is 22.6 Å². The number of aliphatic hydroxyl groups is 1.